The Morgan fingerprint density at radius 1 is 1.29 bits per heavy atom. The van der Waals surface area contributed by atoms with Gasteiger partial charge in [0.2, 0.25) is 0 Å². The molecule has 17 heavy (non-hydrogen) atoms. The fourth-order valence-electron chi connectivity index (χ4n) is 1.45. The van der Waals surface area contributed by atoms with E-state index in [2.05, 4.69) is 0 Å². The van der Waals surface area contributed by atoms with E-state index in [1.165, 1.54) is 17.4 Å². The number of rotatable bonds is 3. The number of ketones is 1. The van der Waals surface area contributed by atoms with E-state index in [9.17, 15) is 9.90 Å². The maximum atomic E-state index is 11.8. The number of phenolic OH excluding ortho intramolecular Hbond substituents is 1. The quantitative estimate of drug-likeness (QED) is 0.661. The van der Waals surface area contributed by atoms with E-state index in [-0.39, 0.29) is 11.5 Å². The third-order valence-electron chi connectivity index (χ3n) is 2.28. The van der Waals surface area contributed by atoms with Gasteiger partial charge < -0.3 is 5.11 Å². The molecular formula is C14H12O2S. The van der Waals surface area contributed by atoms with Crippen LogP contribution in [0, 0.1) is 6.92 Å². The summed E-state index contributed by atoms with van der Waals surface area (Å²) in [5, 5.41) is 9.28. The highest BCUT2D eigenvalue weighted by atomic mass is 32.1. The van der Waals surface area contributed by atoms with Crippen LogP contribution >= 0.6 is 11.3 Å². The van der Waals surface area contributed by atoms with Gasteiger partial charge in [0.05, 0.1) is 4.88 Å². The second-order valence-electron chi connectivity index (χ2n) is 3.70. The van der Waals surface area contributed by atoms with Gasteiger partial charge in [-0.1, -0.05) is 18.2 Å². The molecule has 2 aromatic rings. The van der Waals surface area contributed by atoms with Crippen LogP contribution in [0.1, 0.15) is 20.1 Å². The summed E-state index contributed by atoms with van der Waals surface area (Å²) in [5.41, 5.74) is 0.812. The van der Waals surface area contributed by atoms with Crippen LogP contribution in [0.2, 0.25) is 0 Å². The standard InChI is InChI=1S/C14H12O2S/c1-10-5-8-14(17-10)13(16)7-6-11-3-2-4-12(15)9-11/h2-9,15H,1H3/b7-6+. The van der Waals surface area contributed by atoms with Crippen molar-refractivity contribution < 1.29 is 9.90 Å². The second-order valence-corrected chi connectivity index (χ2v) is 4.99. The van der Waals surface area contributed by atoms with Gasteiger partial charge in [-0.3, -0.25) is 4.79 Å². The monoisotopic (exact) mass is 244 g/mol. The molecule has 0 unspecified atom stereocenters. The summed E-state index contributed by atoms with van der Waals surface area (Å²) in [6.45, 7) is 1.97. The van der Waals surface area contributed by atoms with E-state index in [0.717, 1.165) is 15.3 Å². The van der Waals surface area contributed by atoms with Crippen LogP contribution in [0.25, 0.3) is 6.08 Å². The Bertz CT molecular complexity index is 567. The molecule has 0 radical (unpaired) electrons. The average Bonchev–Trinajstić information content (AvgIpc) is 2.73. The van der Waals surface area contributed by atoms with Crippen LogP contribution in [0.3, 0.4) is 0 Å². The Kier molecular flexibility index (Phi) is 3.40. The number of hydrogen-bond acceptors (Lipinski definition) is 3. The minimum Gasteiger partial charge on any atom is -0.508 e. The molecule has 2 rings (SSSR count). The summed E-state index contributed by atoms with van der Waals surface area (Å²) >= 11 is 1.48. The van der Waals surface area contributed by atoms with E-state index < -0.39 is 0 Å². The first-order valence-electron chi connectivity index (χ1n) is 5.23. The molecule has 0 aliphatic heterocycles. The summed E-state index contributed by atoms with van der Waals surface area (Å²) in [7, 11) is 0. The SMILES string of the molecule is Cc1ccc(C(=O)/C=C/c2cccc(O)c2)s1. The molecule has 1 aromatic carbocycles. The third kappa shape index (κ3) is 3.04. The van der Waals surface area contributed by atoms with Gasteiger partial charge >= 0.3 is 0 Å². The Hall–Kier alpha value is -1.87. The van der Waals surface area contributed by atoms with Crippen molar-refractivity contribution in [2.45, 2.75) is 6.92 Å². The van der Waals surface area contributed by atoms with Crippen molar-refractivity contribution in [2.75, 3.05) is 0 Å². The van der Waals surface area contributed by atoms with Crippen LogP contribution in [-0.2, 0) is 0 Å². The van der Waals surface area contributed by atoms with Crippen LogP contribution < -0.4 is 0 Å². The second kappa shape index (κ2) is 4.97. The van der Waals surface area contributed by atoms with E-state index >= 15 is 0 Å². The van der Waals surface area contributed by atoms with Crippen LogP contribution in [-0.4, -0.2) is 10.9 Å². The lowest BCUT2D eigenvalue weighted by Crippen LogP contribution is -1.88. The molecular weight excluding hydrogens is 232 g/mol. The van der Waals surface area contributed by atoms with Crippen LogP contribution in [0.4, 0.5) is 0 Å². The number of carbonyl (C=O) groups is 1. The third-order valence-corrected chi connectivity index (χ3v) is 3.30. The van der Waals surface area contributed by atoms with Crippen molar-refractivity contribution in [1.29, 1.82) is 0 Å². The lowest BCUT2D eigenvalue weighted by molar-refractivity contribution is 0.105. The molecule has 0 aliphatic carbocycles. The number of thiophene rings is 1. The molecule has 1 N–H and O–H groups in total. The fraction of sp³-hybridized carbons (Fsp3) is 0.0714. The molecule has 86 valence electrons. The molecule has 3 heteroatoms. The topological polar surface area (TPSA) is 37.3 Å². The molecule has 0 spiro atoms. The molecule has 1 aromatic heterocycles. The Morgan fingerprint density at radius 3 is 2.76 bits per heavy atom. The predicted octanol–water partition coefficient (Wildman–Crippen LogP) is 3.66. The number of allylic oxidation sites excluding steroid dienone is 1. The smallest absolute Gasteiger partial charge is 0.195 e. The van der Waals surface area contributed by atoms with Crippen molar-refractivity contribution in [3.8, 4) is 5.75 Å². The molecule has 0 aliphatic rings. The maximum absolute atomic E-state index is 11.8. The zero-order chi connectivity index (χ0) is 12.3. The Balaban J connectivity index is 2.13. The largest absolute Gasteiger partial charge is 0.508 e. The zero-order valence-corrected chi connectivity index (χ0v) is 10.2. The maximum Gasteiger partial charge on any atom is 0.195 e. The molecule has 2 nitrogen and oxygen atoms in total. The van der Waals surface area contributed by atoms with Crippen molar-refractivity contribution in [1.82, 2.24) is 0 Å². The molecule has 0 saturated carbocycles. The van der Waals surface area contributed by atoms with Gasteiger partial charge in [-0.05, 0) is 42.8 Å². The predicted molar refractivity (Wildman–Crippen MR) is 70.5 cm³/mol. The van der Waals surface area contributed by atoms with Crippen molar-refractivity contribution in [3.63, 3.8) is 0 Å². The highest BCUT2D eigenvalue weighted by Crippen LogP contribution is 2.17. The molecule has 0 bridgehead atoms. The van der Waals surface area contributed by atoms with Gasteiger partial charge in [-0.25, -0.2) is 0 Å². The van der Waals surface area contributed by atoms with Crippen molar-refractivity contribution in [3.05, 3.63) is 57.8 Å². The number of carbonyl (C=O) groups excluding carboxylic acids is 1. The minimum atomic E-state index is -0.00792. The normalized spacial score (nSPS) is 10.9. The van der Waals surface area contributed by atoms with Gasteiger partial charge in [-0.15, -0.1) is 11.3 Å². The lowest BCUT2D eigenvalue weighted by atomic mass is 10.2. The Morgan fingerprint density at radius 2 is 2.12 bits per heavy atom. The van der Waals surface area contributed by atoms with E-state index in [1.54, 1.807) is 24.3 Å². The molecule has 0 saturated heterocycles. The molecule has 0 fully saturated rings. The van der Waals surface area contributed by atoms with E-state index in [1.807, 2.05) is 25.1 Å². The van der Waals surface area contributed by atoms with Gasteiger partial charge in [0, 0.05) is 4.88 Å². The summed E-state index contributed by atoms with van der Waals surface area (Å²) < 4.78 is 0. The highest BCUT2D eigenvalue weighted by molar-refractivity contribution is 7.14. The van der Waals surface area contributed by atoms with Crippen molar-refractivity contribution in [2.24, 2.45) is 0 Å². The highest BCUT2D eigenvalue weighted by Gasteiger charge is 2.03. The van der Waals surface area contributed by atoms with Gasteiger partial charge in [-0.2, -0.15) is 0 Å². The summed E-state index contributed by atoms with van der Waals surface area (Å²) in [4.78, 5) is 13.6. The summed E-state index contributed by atoms with van der Waals surface area (Å²) in [5.74, 6) is 0.193. The number of aryl methyl sites for hydroxylation is 1. The number of phenols is 1. The van der Waals surface area contributed by atoms with Gasteiger partial charge in [0.1, 0.15) is 5.75 Å². The first-order chi connectivity index (χ1) is 8.15. The molecule has 0 atom stereocenters. The number of hydrogen-bond donors (Lipinski definition) is 1. The van der Waals surface area contributed by atoms with E-state index in [4.69, 9.17) is 0 Å². The van der Waals surface area contributed by atoms with Gasteiger partial charge in [0.25, 0.3) is 0 Å². The Labute approximate surface area is 104 Å². The average molecular weight is 244 g/mol. The lowest BCUT2D eigenvalue weighted by Gasteiger charge is -1.94. The number of aromatic hydroxyl groups is 1. The molecule has 1 heterocycles. The van der Waals surface area contributed by atoms with E-state index in [0.29, 0.717) is 0 Å². The van der Waals surface area contributed by atoms with Crippen LogP contribution in [0.5, 0.6) is 5.75 Å². The minimum absolute atomic E-state index is 0.00792. The van der Waals surface area contributed by atoms with Crippen LogP contribution in [0.15, 0.2) is 42.5 Å². The first kappa shape index (κ1) is 11.6. The zero-order valence-electron chi connectivity index (χ0n) is 9.38. The fourth-order valence-corrected chi connectivity index (χ4v) is 2.24. The first-order valence-corrected chi connectivity index (χ1v) is 6.05. The number of benzene rings is 1. The summed E-state index contributed by atoms with van der Waals surface area (Å²) in [6.07, 6.45) is 3.23. The van der Waals surface area contributed by atoms with Crippen molar-refractivity contribution >= 4 is 23.2 Å². The molecule has 0 amide bonds. The summed E-state index contributed by atoms with van der Waals surface area (Å²) in [6, 6.07) is 10.6. The van der Waals surface area contributed by atoms with Gasteiger partial charge in [0.15, 0.2) is 5.78 Å².